The van der Waals surface area contributed by atoms with Gasteiger partial charge in [0.25, 0.3) is 0 Å². The van der Waals surface area contributed by atoms with E-state index in [9.17, 15) is 9.59 Å². The standard InChI is InChI=1S/C21H30N6O2/c1-14(2)18-20-25-19(16-8-5-4-6-9-16)26-27(20)13-12-22-11-7-10-17(28)23-15(3)21(29)24-18/h4-6,8-9,14-15,18,22H,7,10-13H2,1-3H3,(H,23,28)(H,24,29)/t15-,18+/m1/s1. The number of benzene rings is 1. The number of hydrogen-bond donors (Lipinski definition) is 3. The van der Waals surface area contributed by atoms with Crippen LogP contribution in [0.1, 0.15) is 45.5 Å². The molecule has 2 amide bonds. The number of aromatic nitrogens is 3. The summed E-state index contributed by atoms with van der Waals surface area (Å²) in [6.45, 7) is 7.86. The molecule has 0 fully saturated rings. The van der Waals surface area contributed by atoms with Crippen LogP contribution in [0.3, 0.4) is 0 Å². The molecule has 0 saturated carbocycles. The highest BCUT2D eigenvalue weighted by molar-refractivity contribution is 5.87. The molecular formula is C21H30N6O2. The molecule has 0 bridgehead atoms. The van der Waals surface area contributed by atoms with E-state index in [1.807, 2.05) is 48.9 Å². The topological polar surface area (TPSA) is 101 Å². The first kappa shape index (κ1) is 21.0. The normalized spacial score (nSPS) is 21.8. The molecule has 0 radical (unpaired) electrons. The van der Waals surface area contributed by atoms with E-state index in [0.717, 1.165) is 17.9 Å². The lowest BCUT2D eigenvalue weighted by molar-refractivity contribution is -0.129. The van der Waals surface area contributed by atoms with Crippen LogP contribution in [0.5, 0.6) is 0 Å². The zero-order valence-corrected chi connectivity index (χ0v) is 17.3. The maximum absolute atomic E-state index is 12.7. The van der Waals surface area contributed by atoms with Crippen molar-refractivity contribution in [3.05, 3.63) is 36.2 Å². The zero-order chi connectivity index (χ0) is 20.8. The molecule has 3 rings (SSSR count). The Bertz CT molecular complexity index is 833. The molecule has 3 N–H and O–H groups in total. The maximum atomic E-state index is 12.7. The number of rotatable bonds is 2. The molecule has 8 heteroatoms. The quantitative estimate of drug-likeness (QED) is 0.714. The van der Waals surface area contributed by atoms with Crippen molar-refractivity contribution < 1.29 is 9.59 Å². The van der Waals surface area contributed by atoms with Crippen LogP contribution in [0.4, 0.5) is 0 Å². The van der Waals surface area contributed by atoms with Gasteiger partial charge in [0.2, 0.25) is 11.8 Å². The molecule has 29 heavy (non-hydrogen) atoms. The van der Waals surface area contributed by atoms with Gasteiger partial charge in [0, 0.05) is 18.5 Å². The Kier molecular flexibility index (Phi) is 6.98. The first-order chi connectivity index (χ1) is 14.0. The maximum Gasteiger partial charge on any atom is 0.242 e. The van der Waals surface area contributed by atoms with Crippen molar-refractivity contribution in [1.82, 2.24) is 30.7 Å². The second kappa shape index (κ2) is 9.65. The van der Waals surface area contributed by atoms with E-state index in [2.05, 4.69) is 16.0 Å². The third-order valence-corrected chi connectivity index (χ3v) is 5.00. The molecule has 1 aliphatic heterocycles. The minimum atomic E-state index is -0.607. The van der Waals surface area contributed by atoms with Crippen molar-refractivity contribution in [3.63, 3.8) is 0 Å². The van der Waals surface area contributed by atoms with Crippen LogP contribution < -0.4 is 16.0 Å². The van der Waals surface area contributed by atoms with Crippen LogP contribution in [-0.4, -0.2) is 45.7 Å². The SMILES string of the molecule is CC(C)[C@@H]1NC(=O)[C@@H](C)NC(=O)CCCNCCn2nc(-c3ccccc3)nc21. The van der Waals surface area contributed by atoms with Crippen molar-refractivity contribution in [2.24, 2.45) is 5.92 Å². The smallest absolute Gasteiger partial charge is 0.242 e. The van der Waals surface area contributed by atoms with E-state index < -0.39 is 6.04 Å². The fourth-order valence-electron chi connectivity index (χ4n) is 3.33. The summed E-state index contributed by atoms with van der Waals surface area (Å²) in [5, 5.41) is 13.9. The van der Waals surface area contributed by atoms with Gasteiger partial charge in [0.1, 0.15) is 11.9 Å². The average molecular weight is 399 g/mol. The summed E-state index contributed by atoms with van der Waals surface area (Å²) < 4.78 is 1.88. The van der Waals surface area contributed by atoms with Gasteiger partial charge < -0.3 is 16.0 Å². The highest BCUT2D eigenvalue weighted by Crippen LogP contribution is 2.24. The predicted molar refractivity (Wildman–Crippen MR) is 111 cm³/mol. The lowest BCUT2D eigenvalue weighted by Crippen LogP contribution is -2.47. The van der Waals surface area contributed by atoms with Crippen LogP contribution in [-0.2, 0) is 16.1 Å². The molecule has 0 saturated heterocycles. The van der Waals surface area contributed by atoms with Crippen LogP contribution in [0, 0.1) is 5.92 Å². The van der Waals surface area contributed by atoms with Crippen molar-refractivity contribution >= 4 is 11.8 Å². The Labute approximate surface area is 171 Å². The Morgan fingerprint density at radius 3 is 2.59 bits per heavy atom. The van der Waals surface area contributed by atoms with Gasteiger partial charge in [-0.25, -0.2) is 9.67 Å². The summed E-state index contributed by atoms with van der Waals surface area (Å²) in [5.41, 5.74) is 0.938. The monoisotopic (exact) mass is 398 g/mol. The van der Waals surface area contributed by atoms with E-state index in [-0.39, 0.29) is 23.8 Å². The van der Waals surface area contributed by atoms with Crippen molar-refractivity contribution in [2.45, 2.75) is 52.2 Å². The number of fused-ring (bicyclic) bond motifs is 1. The van der Waals surface area contributed by atoms with Gasteiger partial charge in [-0.3, -0.25) is 9.59 Å². The summed E-state index contributed by atoms with van der Waals surface area (Å²) in [5.74, 6) is 1.15. The van der Waals surface area contributed by atoms with Crippen LogP contribution in [0.15, 0.2) is 30.3 Å². The third kappa shape index (κ3) is 5.41. The second-order valence-electron chi connectivity index (χ2n) is 7.76. The molecule has 2 heterocycles. The molecular weight excluding hydrogens is 368 g/mol. The lowest BCUT2D eigenvalue weighted by Gasteiger charge is -2.24. The third-order valence-electron chi connectivity index (χ3n) is 5.00. The minimum Gasteiger partial charge on any atom is -0.345 e. The minimum absolute atomic E-state index is 0.106. The van der Waals surface area contributed by atoms with Gasteiger partial charge in [-0.05, 0) is 25.8 Å². The van der Waals surface area contributed by atoms with Gasteiger partial charge in [-0.15, -0.1) is 0 Å². The average Bonchev–Trinajstić information content (AvgIpc) is 3.12. The molecule has 2 aromatic rings. The highest BCUT2D eigenvalue weighted by atomic mass is 16.2. The van der Waals surface area contributed by atoms with E-state index >= 15 is 0 Å². The van der Waals surface area contributed by atoms with Gasteiger partial charge in [-0.1, -0.05) is 44.2 Å². The Morgan fingerprint density at radius 2 is 1.86 bits per heavy atom. The molecule has 1 aliphatic rings. The van der Waals surface area contributed by atoms with E-state index in [4.69, 9.17) is 10.1 Å². The van der Waals surface area contributed by atoms with Crippen molar-refractivity contribution in [2.75, 3.05) is 13.1 Å². The van der Waals surface area contributed by atoms with Crippen LogP contribution in [0.2, 0.25) is 0 Å². The fourth-order valence-corrected chi connectivity index (χ4v) is 3.33. The molecule has 8 nitrogen and oxygen atoms in total. The van der Waals surface area contributed by atoms with Gasteiger partial charge in [0.05, 0.1) is 12.6 Å². The summed E-state index contributed by atoms with van der Waals surface area (Å²) in [7, 11) is 0. The number of nitrogens with zero attached hydrogens (tertiary/aromatic N) is 3. The molecule has 156 valence electrons. The number of hydrogen-bond acceptors (Lipinski definition) is 5. The number of carbonyl (C=O) groups is 2. The summed E-state index contributed by atoms with van der Waals surface area (Å²) in [6.07, 6.45) is 1.11. The summed E-state index contributed by atoms with van der Waals surface area (Å²) >= 11 is 0. The Hall–Kier alpha value is -2.74. The molecule has 1 aromatic carbocycles. The first-order valence-electron chi connectivity index (χ1n) is 10.3. The van der Waals surface area contributed by atoms with Crippen molar-refractivity contribution in [1.29, 1.82) is 0 Å². The summed E-state index contributed by atoms with van der Waals surface area (Å²) in [6, 6.07) is 8.91. The Balaban J connectivity index is 1.95. The van der Waals surface area contributed by atoms with Gasteiger partial charge >= 0.3 is 0 Å². The molecule has 1 aromatic heterocycles. The van der Waals surface area contributed by atoms with Gasteiger partial charge in [0.15, 0.2) is 5.82 Å². The number of carbonyl (C=O) groups excluding carboxylic acids is 2. The number of amides is 2. The zero-order valence-electron chi connectivity index (χ0n) is 17.3. The highest BCUT2D eigenvalue weighted by Gasteiger charge is 2.27. The largest absolute Gasteiger partial charge is 0.345 e. The molecule has 0 spiro atoms. The Morgan fingerprint density at radius 1 is 1.10 bits per heavy atom. The van der Waals surface area contributed by atoms with Gasteiger partial charge in [-0.2, -0.15) is 5.10 Å². The van der Waals surface area contributed by atoms with E-state index in [0.29, 0.717) is 31.8 Å². The van der Waals surface area contributed by atoms with E-state index in [1.54, 1.807) is 6.92 Å². The van der Waals surface area contributed by atoms with Crippen molar-refractivity contribution in [3.8, 4) is 11.4 Å². The number of nitrogens with one attached hydrogen (secondary N) is 3. The molecule has 0 aliphatic carbocycles. The molecule has 2 atom stereocenters. The second-order valence-corrected chi connectivity index (χ2v) is 7.76. The first-order valence-corrected chi connectivity index (χ1v) is 10.3. The van der Waals surface area contributed by atoms with Crippen LogP contribution in [0.25, 0.3) is 11.4 Å². The van der Waals surface area contributed by atoms with Crippen LogP contribution >= 0.6 is 0 Å². The molecule has 0 unspecified atom stereocenters. The summed E-state index contributed by atoms with van der Waals surface area (Å²) in [4.78, 5) is 29.6. The van der Waals surface area contributed by atoms with E-state index in [1.165, 1.54) is 0 Å². The predicted octanol–water partition coefficient (Wildman–Crippen LogP) is 1.65. The fraction of sp³-hybridized carbons (Fsp3) is 0.524. The lowest BCUT2D eigenvalue weighted by atomic mass is 10.0.